The van der Waals surface area contributed by atoms with Crippen molar-refractivity contribution >= 4 is 11.8 Å². The molecule has 2 N–H and O–H groups in total. The van der Waals surface area contributed by atoms with Gasteiger partial charge in [0.05, 0.1) is 6.61 Å². The average Bonchev–Trinajstić information content (AvgIpc) is 2.41. The third-order valence-corrected chi connectivity index (χ3v) is 4.32. The summed E-state index contributed by atoms with van der Waals surface area (Å²) in [5.41, 5.74) is 2.74. The van der Waals surface area contributed by atoms with Crippen LogP contribution >= 0.6 is 11.8 Å². The van der Waals surface area contributed by atoms with Crippen LogP contribution < -0.4 is 5.32 Å². The van der Waals surface area contributed by atoms with Gasteiger partial charge in [0.1, 0.15) is 0 Å². The molecule has 1 rings (SSSR count). The van der Waals surface area contributed by atoms with Gasteiger partial charge in [-0.25, -0.2) is 0 Å². The van der Waals surface area contributed by atoms with Crippen LogP contribution in [0.25, 0.3) is 0 Å². The molecule has 0 amide bonds. The lowest BCUT2D eigenvalue weighted by Crippen LogP contribution is -2.20. The molecule has 0 bridgehead atoms. The lowest BCUT2D eigenvalue weighted by molar-refractivity contribution is 0.300. The molecule has 3 heteroatoms. The highest BCUT2D eigenvalue weighted by atomic mass is 32.2. The van der Waals surface area contributed by atoms with Crippen LogP contribution in [0.4, 0.5) is 0 Å². The first-order valence-electron chi connectivity index (χ1n) is 6.69. The van der Waals surface area contributed by atoms with Crippen LogP contribution in [-0.4, -0.2) is 29.8 Å². The minimum absolute atomic E-state index is 0.247. The van der Waals surface area contributed by atoms with Gasteiger partial charge in [-0.1, -0.05) is 44.5 Å². The topological polar surface area (TPSA) is 32.3 Å². The highest BCUT2D eigenvalue weighted by Gasteiger charge is 2.11. The van der Waals surface area contributed by atoms with Gasteiger partial charge in [-0.2, -0.15) is 11.8 Å². The first-order chi connectivity index (χ1) is 8.71. The summed E-state index contributed by atoms with van der Waals surface area (Å²) in [7, 11) is 1.99. The number of thioether (sulfide) groups is 1. The molecular weight excluding hydrogens is 242 g/mol. The van der Waals surface area contributed by atoms with Crippen molar-refractivity contribution in [2.45, 2.75) is 38.0 Å². The van der Waals surface area contributed by atoms with Crippen LogP contribution in [0.3, 0.4) is 0 Å². The Kier molecular flexibility index (Phi) is 7.40. The number of aliphatic hydroxyl groups is 1. The Morgan fingerprint density at radius 2 is 1.94 bits per heavy atom. The molecule has 2 nitrogen and oxygen atoms in total. The summed E-state index contributed by atoms with van der Waals surface area (Å²) >= 11 is 1.81. The Morgan fingerprint density at radius 1 is 1.28 bits per heavy atom. The number of nitrogens with one attached hydrogen (secondary N) is 1. The maximum absolute atomic E-state index is 9.05. The first kappa shape index (κ1) is 15.5. The molecule has 0 fully saturated rings. The van der Waals surface area contributed by atoms with Gasteiger partial charge in [0.15, 0.2) is 0 Å². The van der Waals surface area contributed by atoms with Gasteiger partial charge in [-0.3, -0.25) is 0 Å². The summed E-state index contributed by atoms with van der Waals surface area (Å²) in [5.74, 6) is 0.991. The maximum atomic E-state index is 9.05. The van der Waals surface area contributed by atoms with Crippen LogP contribution in [0.5, 0.6) is 0 Å². The van der Waals surface area contributed by atoms with Crippen LogP contribution in [0, 0.1) is 0 Å². The van der Waals surface area contributed by atoms with E-state index in [9.17, 15) is 0 Å². The van der Waals surface area contributed by atoms with E-state index in [1.807, 2.05) is 7.05 Å². The van der Waals surface area contributed by atoms with Gasteiger partial charge in [0.25, 0.3) is 0 Å². The van der Waals surface area contributed by atoms with Gasteiger partial charge >= 0.3 is 0 Å². The Labute approximate surface area is 115 Å². The molecule has 0 heterocycles. The van der Waals surface area contributed by atoms with E-state index in [1.165, 1.54) is 17.5 Å². The van der Waals surface area contributed by atoms with Crippen molar-refractivity contribution in [2.75, 3.05) is 19.4 Å². The van der Waals surface area contributed by atoms with Crippen molar-refractivity contribution in [3.05, 3.63) is 35.4 Å². The van der Waals surface area contributed by atoms with Crippen molar-refractivity contribution in [1.29, 1.82) is 0 Å². The number of hydrogen-bond donors (Lipinski definition) is 2. The van der Waals surface area contributed by atoms with Crippen LogP contribution in [0.15, 0.2) is 24.3 Å². The number of rotatable bonds is 8. The standard InChI is InChI=1S/C15H25NOS/c1-4-5-13-6-8-14(9-7-13)15(16-3)11-18-12(2)10-17/h6-9,12,15-17H,4-5,10-11H2,1-3H3. The molecular formula is C15H25NOS. The third kappa shape index (κ3) is 5.01. The molecule has 2 unspecified atom stereocenters. The van der Waals surface area contributed by atoms with Crippen molar-refractivity contribution in [1.82, 2.24) is 5.32 Å². The zero-order chi connectivity index (χ0) is 13.4. The monoisotopic (exact) mass is 267 g/mol. The highest BCUT2D eigenvalue weighted by molar-refractivity contribution is 7.99. The molecule has 0 spiro atoms. The van der Waals surface area contributed by atoms with E-state index >= 15 is 0 Å². The number of aryl methyl sites for hydroxylation is 1. The fourth-order valence-corrected chi connectivity index (χ4v) is 2.85. The summed E-state index contributed by atoms with van der Waals surface area (Å²) < 4.78 is 0. The molecule has 0 aliphatic heterocycles. The summed E-state index contributed by atoms with van der Waals surface area (Å²) in [6, 6.07) is 9.25. The molecule has 0 saturated carbocycles. The molecule has 0 aliphatic rings. The molecule has 0 saturated heterocycles. The number of benzene rings is 1. The maximum Gasteiger partial charge on any atom is 0.0547 e. The molecule has 0 aromatic heterocycles. The predicted octanol–water partition coefficient (Wildman–Crippen LogP) is 3.01. The lowest BCUT2D eigenvalue weighted by Gasteiger charge is -2.18. The van der Waals surface area contributed by atoms with Gasteiger partial charge < -0.3 is 10.4 Å². The van der Waals surface area contributed by atoms with E-state index in [0.29, 0.717) is 11.3 Å². The molecule has 102 valence electrons. The second kappa shape index (κ2) is 8.57. The molecule has 1 aromatic rings. The normalized spacial score (nSPS) is 14.4. The number of hydrogen-bond acceptors (Lipinski definition) is 3. The smallest absolute Gasteiger partial charge is 0.0547 e. The number of aliphatic hydroxyl groups excluding tert-OH is 1. The van der Waals surface area contributed by atoms with Crippen molar-refractivity contribution in [2.24, 2.45) is 0 Å². The van der Waals surface area contributed by atoms with E-state index in [4.69, 9.17) is 5.11 Å². The quantitative estimate of drug-likeness (QED) is 0.759. The summed E-state index contributed by atoms with van der Waals surface area (Å²) in [4.78, 5) is 0. The van der Waals surface area contributed by atoms with E-state index in [-0.39, 0.29) is 6.61 Å². The zero-order valence-corrected chi connectivity index (χ0v) is 12.5. The van der Waals surface area contributed by atoms with E-state index < -0.39 is 0 Å². The van der Waals surface area contributed by atoms with Crippen molar-refractivity contribution in [3.63, 3.8) is 0 Å². The van der Waals surface area contributed by atoms with Gasteiger partial charge in [-0.15, -0.1) is 0 Å². The van der Waals surface area contributed by atoms with E-state index in [1.54, 1.807) is 11.8 Å². The molecule has 2 atom stereocenters. The Balaban J connectivity index is 2.58. The summed E-state index contributed by atoms with van der Waals surface area (Å²) in [6.07, 6.45) is 2.35. The molecule has 0 aliphatic carbocycles. The Bertz CT molecular complexity index is 326. The molecule has 0 radical (unpaired) electrons. The van der Waals surface area contributed by atoms with Gasteiger partial charge in [0.2, 0.25) is 0 Å². The Hall–Kier alpha value is -0.510. The minimum atomic E-state index is 0.247. The predicted molar refractivity (Wildman–Crippen MR) is 81.2 cm³/mol. The van der Waals surface area contributed by atoms with E-state index in [0.717, 1.165) is 12.2 Å². The Morgan fingerprint density at radius 3 is 2.44 bits per heavy atom. The minimum Gasteiger partial charge on any atom is -0.395 e. The fourth-order valence-electron chi connectivity index (χ4n) is 1.86. The lowest BCUT2D eigenvalue weighted by atomic mass is 10.0. The van der Waals surface area contributed by atoms with Crippen LogP contribution in [0.2, 0.25) is 0 Å². The summed E-state index contributed by atoms with van der Waals surface area (Å²) in [5, 5.41) is 12.7. The SMILES string of the molecule is CCCc1ccc(C(CSC(C)CO)NC)cc1. The second-order valence-corrected chi connectivity index (χ2v) is 6.13. The van der Waals surface area contributed by atoms with Gasteiger partial charge in [0, 0.05) is 17.0 Å². The summed E-state index contributed by atoms with van der Waals surface area (Å²) in [6.45, 7) is 4.51. The zero-order valence-electron chi connectivity index (χ0n) is 11.6. The van der Waals surface area contributed by atoms with Crippen molar-refractivity contribution < 1.29 is 5.11 Å². The molecule has 18 heavy (non-hydrogen) atoms. The van der Waals surface area contributed by atoms with Crippen LogP contribution in [0.1, 0.15) is 37.4 Å². The molecule has 1 aromatic carbocycles. The van der Waals surface area contributed by atoms with Crippen molar-refractivity contribution in [3.8, 4) is 0 Å². The average molecular weight is 267 g/mol. The fraction of sp³-hybridized carbons (Fsp3) is 0.600. The van der Waals surface area contributed by atoms with Crippen LogP contribution in [-0.2, 0) is 6.42 Å². The highest BCUT2D eigenvalue weighted by Crippen LogP contribution is 2.21. The largest absolute Gasteiger partial charge is 0.395 e. The second-order valence-electron chi connectivity index (χ2n) is 4.66. The third-order valence-electron chi connectivity index (χ3n) is 3.07. The van der Waals surface area contributed by atoms with E-state index in [2.05, 4.69) is 43.4 Å². The van der Waals surface area contributed by atoms with Gasteiger partial charge in [-0.05, 0) is 24.6 Å². The first-order valence-corrected chi connectivity index (χ1v) is 7.74.